The fourth-order valence-electron chi connectivity index (χ4n) is 2.51. The lowest BCUT2D eigenvalue weighted by Gasteiger charge is -2.31. The maximum Gasteiger partial charge on any atom is 0.0380 e. The normalized spacial score (nSPS) is 12.9. The van der Waals surface area contributed by atoms with Crippen molar-refractivity contribution in [3.8, 4) is 0 Å². The fourth-order valence-corrected chi connectivity index (χ4v) is 2.51. The van der Waals surface area contributed by atoms with Gasteiger partial charge in [0, 0.05) is 5.54 Å². The molecule has 1 rings (SSSR count). The molecule has 17 heavy (non-hydrogen) atoms. The first kappa shape index (κ1) is 14.2. The molecule has 1 N–H and O–H groups in total. The van der Waals surface area contributed by atoms with Crippen LogP contribution in [0, 0.1) is 13.8 Å². The summed E-state index contributed by atoms with van der Waals surface area (Å²) >= 11 is 0. The maximum absolute atomic E-state index is 3.40. The Morgan fingerprint density at radius 1 is 0.882 bits per heavy atom. The highest BCUT2D eigenvalue weighted by molar-refractivity contribution is 5.43. The zero-order valence-electron chi connectivity index (χ0n) is 12.7. The first-order valence-corrected chi connectivity index (χ1v) is 6.40. The van der Waals surface area contributed by atoms with Gasteiger partial charge in [0.05, 0.1) is 0 Å². The van der Waals surface area contributed by atoms with Crippen LogP contribution in [0.4, 0.5) is 0 Å². The lowest BCUT2D eigenvalue weighted by atomic mass is 9.80. The Morgan fingerprint density at radius 3 is 1.59 bits per heavy atom. The van der Waals surface area contributed by atoms with Gasteiger partial charge >= 0.3 is 0 Å². The molecule has 1 nitrogen and oxygen atoms in total. The van der Waals surface area contributed by atoms with Crippen molar-refractivity contribution in [1.82, 2.24) is 5.32 Å². The van der Waals surface area contributed by atoms with Crippen molar-refractivity contribution < 1.29 is 0 Å². The Bertz CT molecular complexity index is 385. The average Bonchev–Trinajstić information content (AvgIpc) is 2.14. The molecule has 0 fully saturated rings. The van der Waals surface area contributed by atoms with Gasteiger partial charge in [0.15, 0.2) is 0 Å². The maximum atomic E-state index is 3.40. The number of benzene rings is 1. The van der Waals surface area contributed by atoms with Gasteiger partial charge in [0.2, 0.25) is 0 Å². The third-order valence-electron chi connectivity index (χ3n) is 3.65. The van der Waals surface area contributed by atoms with E-state index in [4.69, 9.17) is 0 Å². The summed E-state index contributed by atoms with van der Waals surface area (Å²) in [6.07, 6.45) is 0. The Kier molecular flexibility index (Phi) is 3.73. The molecule has 0 saturated carbocycles. The summed E-state index contributed by atoms with van der Waals surface area (Å²) in [5, 5.41) is 3.40. The number of rotatable bonds is 2. The average molecular weight is 233 g/mol. The summed E-state index contributed by atoms with van der Waals surface area (Å²) < 4.78 is 0. The topological polar surface area (TPSA) is 12.0 Å². The minimum Gasteiger partial charge on any atom is -0.311 e. The first-order valence-electron chi connectivity index (χ1n) is 6.40. The molecule has 1 aromatic rings. The summed E-state index contributed by atoms with van der Waals surface area (Å²) in [5.41, 5.74) is 5.86. The number of aryl methyl sites for hydroxylation is 2. The molecule has 0 aliphatic rings. The van der Waals surface area contributed by atoms with Crippen LogP contribution in [0.3, 0.4) is 0 Å². The molecular formula is C16H27N. The molecule has 0 heterocycles. The van der Waals surface area contributed by atoms with Crippen LogP contribution in [0.2, 0.25) is 0 Å². The summed E-state index contributed by atoms with van der Waals surface area (Å²) in [6.45, 7) is 15.7. The smallest absolute Gasteiger partial charge is 0.0380 e. The predicted octanol–water partition coefficient (Wildman–Crippen LogP) is 4.06. The standard InChI is InChI=1S/C16H27N/c1-11-9-13(15(3,4)5)10-12(2)14(11)16(6,7)17-8/h9-10,17H,1-8H3. The van der Waals surface area contributed by atoms with Crippen LogP contribution in [0.15, 0.2) is 12.1 Å². The van der Waals surface area contributed by atoms with Crippen LogP contribution in [-0.2, 0) is 11.0 Å². The van der Waals surface area contributed by atoms with E-state index in [9.17, 15) is 0 Å². The van der Waals surface area contributed by atoms with Crippen molar-refractivity contribution in [2.24, 2.45) is 0 Å². The van der Waals surface area contributed by atoms with Crippen molar-refractivity contribution in [2.45, 2.75) is 59.4 Å². The first-order chi connectivity index (χ1) is 7.59. The van der Waals surface area contributed by atoms with Crippen LogP contribution in [0.1, 0.15) is 56.9 Å². The van der Waals surface area contributed by atoms with Gasteiger partial charge in [-0.2, -0.15) is 0 Å². The molecule has 0 bridgehead atoms. The molecule has 0 atom stereocenters. The van der Waals surface area contributed by atoms with E-state index in [1.807, 2.05) is 7.05 Å². The van der Waals surface area contributed by atoms with E-state index in [0.29, 0.717) is 0 Å². The van der Waals surface area contributed by atoms with E-state index in [2.05, 4.69) is 65.9 Å². The highest BCUT2D eigenvalue weighted by Gasteiger charge is 2.24. The summed E-state index contributed by atoms with van der Waals surface area (Å²) in [6, 6.07) is 4.67. The van der Waals surface area contributed by atoms with Crippen molar-refractivity contribution in [3.05, 3.63) is 34.4 Å². The Morgan fingerprint density at radius 2 is 1.29 bits per heavy atom. The molecular weight excluding hydrogens is 206 g/mol. The molecule has 1 heteroatoms. The second-order valence-electron chi connectivity index (χ2n) is 6.61. The van der Waals surface area contributed by atoms with E-state index in [1.165, 1.54) is 22.3 Å². The minimum absolute atomic E-state index is 0.0323. The Hall–Kier alpha value is -0.820. The van der Waals surface area contributed by atoms with Crippen LogP contribution in [-0.4, -0.2) is 7.05 Å². The molecule has 0 amide bonds. The summed E-state index contributed by atoms with van der Waals surface area (Å²) in [4.78, 5) is 0. The van der Waals surface area contributed by atoms with Crippen LogP contribution >= 0.6 is 0 Å². The number of hydrogen-bond donors (Lipinski definition) is 1. The van der Waals surface area contributed by atoms with Gasteiger partial charge in [-0.1, -0.05) is 32.9 Å². The van der Waals surface area contributed by atoms with Crippen LogP contribution in [0.25, 0.3) is 0 Å². The second-order valence-corrected chi connectivity index (χ2v) is 6.61. The van der Waals surface area contributed by atoms with E-state index in [-0.39, 0.29) is 11.0 Å². The van der Waals surface area contributed by atoms with Crippen molar-refractivity contribution >= 4 is 0 Å². The van der Waals surface area contributed by atoms with Gasteiger partial charge in [-0.25, -0.2) is 0 Å². The lowest BCUT2D eigenvalue weighted by molar-refractivity contribution is 0.439. The molecule has 0 radical (unpaired) electrons. The molecule has 0 aliphatic carbocycles. The highest BCUT2D eigenvalue weighted by Crippen LogP contribution is 2.32. The fraction of sp³-hybridized carbons (Fsp3) is 0.625. The molecule has 96 valence electrons. The zero-order valence-corrected chi connectivity index (χ0v) is 12.7. The van der Waals surface area contributed by atoms with Crippen molar-refractivity contribution in [2.75, 3.05) is 7.05 Å². The zero-order chi connectivity index (χ0) is 13.4. The van der Waals surface area contributed by atoms with E-state index in [1.54, 1.807) is 0 Å². The molecule has 0 unspecified atom stereocenters. The molecule has 0 spiro atoms. The van der Waals surface area contributed by atoms with Crippen LogP contribution < -0.4 is 5.32 Å². The van der Waals surface area contributed by atoms with E-state index in [0.717, 1.165) is 0 Å². The van der Waals surface area contributed by atoms with Crippen LogP contribution in [0.5, 0.6) is 0 Å². The lowest BCUT2D eigenvalue weighted by Crippen LogP contribution is -2.35. The van der Waals surface area contributed by atoms with E-state index < -0.39 is 0 Å². The second kappa shape index (κ2) is 4.45. The van der Waals surface area contributed by atoms with Gasteiger partial charge in [-0.05, 0) is 62.4 Å². The van der Waals surface area contributed by atoms with E-state index >= 15 is 0 Å². The summed E-state index contributed by atoms with van der Waals surface area (Å²) in [5.74, 6) is 0. The van der Waals surface area contributed by atoms with Gasteiger partial charge < -0.3 is 5.32 Å². The molecule has 1 aromatic carbocycles. The Labute approximate surface area is 107 Å². The van der Waals surface area contributed by atoms with Gasteiger partial charge in [-0.15, -0.1) is 0 Å². The van der Waals surface area contributed by atoms with Crippen molar-refractivity contribution in [3.63, 3.8) is 0 Å². The third kappa shape index (κ3) is 2.90. The SMILES string of the molecule is CNC(C)(C)c1c(C)cc(C(C)(C)C)cc1C. The van der Waals surface area contributed by atoms with Gasteiger partial charge in [0.25, 0.3) is 0 Å². The predicted molar refractivity (Wildman–Crippen MR) is 76.7 cm³/mol. The summed E-state index contributed by atoms with van der Waals surface area (Å²) in [7, 11) is 2.02. The quantitative estimate of drug-likeness (QED) is 0.812. The van der Waals surface area contributed by atoms with Gasteiger partial charge in [0.1, 0.15) is 0 Å². The Balaban J connectivity index is 3.40. The van der Waals surface area contributed by atoms with Gasteiger partial charge in [-0.3, -0.25) is 0 Å². The largest absolute Gasteiger partial charge is 0.311 e. The monoisotopic (exact) mass is 233 g/mol. The van der Waals surface area contributed by atoms with Crippen molar-refractivity contribution in [1.29, 1.82) is 0 Å². The molecule has 0 aliphatic heterocycles. The third-order valence-corrected chi connectivity index (χ3v) is 3.65. The molecule has 0 aromatic heterocycles. The number of nitrogens with one attached hydrogen (secondary N) is 1. The molecule has 0 saturated heterocycles. The minimum atomic E-state index is 0.0323. The highest BCUT2D eigenvalue weighted by atomic mass is 14.9. The number of hydrogen-bond acceptors (Lipinski definition) is 1.